The van der Waals surface area contributed by atoms with E-state index in [1.54, 1.807) is 13.0 Å². The normalized spacial score (nSPS) is 10.2. The second-order valence-corrected chi connectivity index (χ2v) is 3.90. The van der Waals surface area contributed by atoms with Gasteiger partial charge in [-0.2, -0.15) is 0 Å². The molecule has 1 aromatic heterocycles. The molecule has 0 saturated carbocycles. The summed E-state index contributed by atoms with van der Waals surface area (Å²) in [7, 11) is 1.48. The van der Waals surface area contributed by atoms with Crippen LogP contribution in [0.4, 0.5) is 4.79 Å². The van der Waals surface area contributed by atoms with Crippen LogP contribution in [0.3, 0.4) is 0 Å². The Labute approximate surface area is 110 Å². The monoisotopic (exact) mass is 271 g/mol. The lowest BCUT2D eigenvalue weighted by molar-refractivity contribution is -0.137. The summed E-state index contributed by atoms with van der Waals surface area (Å²) in [5.41, 5.74) is 0.577. The van der Waals surface area contributed by atoms with E-state index >= 15 is 0 Å². The van der Waals surface area contributed by atoms with Crippen LogP contribution in [-0.4, -0.2) is 54.0 Å². The highest BCUT2D eigenvalue weighted by Crippen LogP contribution is 2.01. The van der Waals surface area contributed by atoms with E-state index in [9.17, 15) is 9.59 Å². The Morgan fingerprint density at radius 2 is 2.32 bits per heavy atom. The Morgan fingerprint density at radius 3 is 2.84 bits per heavy atom. The van der Waals surface area contributed by atoms with Crippen molar-refractivity contribution in [1.29, 1.82) is 0 Å². The molecular weight excluding hydrogens is 254 g/mol. The first-order valence-corrected chi connectivity index (χ1v) is 5.68. The second-order valence-electron chi connectivity index (χ2n) is 3.90. The number of ether oxygens (including phenoxy) is 1. The zero-order chi connectivity index (χ0) is 14.3. The Kier molecular flexibility index (Phi) is 5.80. The lowest BCUT2D eigenvalue weighted by Gasteiger charge is -2.20. The maximum absolute atomic E-state index is 11.8. The molecule has 0 fully saturated rings. The molecule has 1 rings (SSSR count). The molecule has 0 radical (unpaired) electrons. The van der Waals surface area contributed by atoms with Crippen LogP contribution in [0.15, 0.2) is 10.6 Å². The van der Waals surface area contributed by atoms with Gasteiger partial charge in [-0.1, -0.05) is 5.16 Å². The van der Waals surface area contributed by atoms with Gasteiger partial charge >= 0.3 is 12.0 Å². The van der Waals surface area contributed by atoms with E-state index in [4.69, 9.17) is 14.4 Å². The van der Waals surface area contributed by atoms with Crippen molar-refractivity contribution in [2.75, 3.05) is 26.8 Å². The van der Waals surface area contributed by atoms with Gasteiger partial charge in [0.05, 0.1) is 13.2 Å². The van der Waals surface area contributed by atoms with Gasteiger partial charge in [0.15, 0.2) is 0 Å². The highest BCUT2D eigenvalue weighted by Gasteiger charge is 2.16. The van der Waals surface area contributed by atoms with Crippen LogP contribution in [0.5, 0.6) is 0 Å². The molecule has 2 amide bonds. The third-order valence-corrected chi connectivity index (χ3v) is 2.28. The highest BCUT2D eigenvalue weighted by atomic mass is 16.5. The van der Waals surface area contributed by atoms with Gasteiger partial charge in [0, 0.05) is 19.7 Å². The molecule has 19 heavy (non-hydrogen) atoms. The summed E-state index contributed by atoms with van der Waals surface area (Å²) < 4.78 is 9.69. The van der Waals surface area contributed by atoms with Crippen LogP contribution >= 0.6 is 0 Å². The van der Waals surface area contributed by atoms with Gasteiger partial charge in [-0.15, -0.1) is 0 Å². The number of methoxy groups -OCH3 is 1. The largest absolute Gasteiger partial charge is 0.480 e. The number of amides is 2. The van der Waals surface area contributed by atoms with Crippen LogP contribution < -0.4 is 5.32 Å². The number of hydrogen-bond donors (Lipinski definition) is 2. The first-order valence-electron chi connectivity index (χ1n) is 5.68. The first-order chi connectivity index (χ1) is 9.02. The molecule has 0 bridgehead atoms. The molecule has 0 aliphatic heterocycles. The minimum atomic E-state index is -1.08. The summed E-state index contributed by atoms with van der Waals surface area (Å²) >= 11 is 0. The lowest BCUT2D eigenvalue weighted by Crippen LogP contribution is -2.44. The van der Waals surface area contributed by atoms with Crippen LogP contribution in [0.25, 0.3) is 0 Å². The first kappa shape index (κ1) is 15.0. The number of carbonyl (C=O) groups is 2. The summed E-state index contributed by atoms with van der Waals surface area (Å²) in [6.07, 6.45) is 0. The van der Waals surface area contributed by atoms with Crippen molar-refractivity contribution >= 4 is 12.0 Å². The number of aliphatic carboxylic acids is 1. The third kappa shape index (κ3) is 5.38. The number of urea groups is 1. The molecule has 0 unspecified atom stereocenters. The molecule has 0 aliphatic rings. The van der Waals surface area contributed by atoms with Gasteiger partial charge in [-0.05, 0) is 6.92 Å². The molecule has 2 N–H and O–H groups in total. The van der Waals surface area contributed by atoms with Crippen molar-refractivity contribution < 1.29 is 24.0 Å². The number of hydrogen-bond acceptors (Lipinski definition) is 5. The molecular formula is C11H17N3O5. The van der Waals surface area contributed by atoms with Crippen molar-refractivity contribution in [1.82, 2.24) is 15.4 Å². The smallest absolute Gasteiger partial charge is 0.323 e. The van der Waals surface area contributed by atoms with Gasteiger partial charge in [0.1, 0.15) is 18.0 Å². The standard InChI is InChI=1S/C11H17N3O5/c1-8-5-9(13-19-8)6-12-11(17)14(3-4-18-2)7-10(15)16/h5H,3-4,6-7H2,1-2H3,(H,12,17)(H,15,16). The fourth-order valence-corrected chi connectivity index (χ4v) is 1.40. The zero-order valence-electron chi connectivity index (χ0n) is 10.9. The minimum absolute atomic E-state index is 0.180. The van der Waals surface area contributed by atoms with Gasteiger partial charge in [-0.25, -0.2) is 4.79 Å². The van der Waals surface area contributed by atoms with Gasteiger partial charge < -0.3 is 24.6 Å². The summed E-state index contributed by atoms with van der Waals surface area (Å²) in [5, 5.41) is 15.0. The predicted molar refractivity (Wildman–Crippen MR) is 64.6 cm³/mol. The summed E-state index contributed by atoms with van der Waals surface area (Å²) in [5.74, 6) is -0.436. The summed E-state index contributed by atoms with van der Waals surface area (Å²) in [6, 6.07) is 1.21. The van der Waals surface area contributed by atoms with E-state index in [2.05, 4.69) is 10.5 Å². The number of nitrogens with one attached hydrogen (secondary N) is 1. The van der Waals surface area contributed by atoms with Gasteiger partial charge in [0.25, 0.3) is 0 Å². The molecule has 0 atom stereocenters. The van der Waals surface area contributed by atoms with Crippen molar-refractivity contribution in [3.05, 3.63) is 17.5 Å². The summed E-state index contributed by atoms with van der Waals surface area (Å²) in [6.45, 7) is 2.01. The zero-order valence-corrected chi connectivity index (χ0v) is 10.9. The molecule has 106 valence electrons. The van der Waals surface area contributed by atoms with Crippen LogP contribution in [-0.2, 0) is 16.1 Å². The maximum atomic E-state index is 11.8. The van der Waals surface area contributed by atoms with Crippen molar-refractivity contribution in [2.45, 2.75) is 13.5 Å². The van der Waals surface area contributed by atoms with E-state index in [-0.39, 0.29) is 26.2 Å². The fraction of sp³-hybridized carbons (Fsp3) is 0.545. The number of nitrogens with zero attached hydrogens (tertiary/aromatic N) is 2. The average Bonchev–Trinajstić information content (AvgIpc) is 2.77. The quantitative estimate of drug-likeness (QED) is 0.735. The Bertz CT molecular complexity index is 432. The van der Waals surface area contributed by atoms with Crippen LogP contribution in [0.1, 0.15) is 11.5 Å². The van der Waals surface area contributed by atoms with E-state index < -0.39 is 12.0 Å². The Morgan fingerprint density at radius 1 is 1.58 bits per heavy atom. The van der Waals surface area contributed by atoms with Gasteiger partial charge in [0.2, 0.25) is 0 Å². The van der Waals surface area contributed by atoms with Crippen LogP contribution in [0, 0.1) is 6.92 Å². The van der Waals surface area contributed by atoms with E-state index in [1.165, 1.54) is 7.11 Å². The highest BCUT2D eigenvalue weighted by molar-refractivity contribution is 5.80. The predicted octanol–water partition coefficient (Wildman–Crippen LogP) is 0.226. The number of carbonyl (C=O) groups excluding carboxylic acids is 1. The Hall–Kier alpha value is -2.09. The van der Waals surface area contributed by atoms with Crippen molar-refractivity contribution in [3.63, 3.8) is 0 Å². The number of carboxylic acid groups (broad SMARTS) is 1. The molecule has 8 nitrogen and oxygen atoms in total. The topological polar surface area (TPSA) is 105 Å². The average molecular weight is 271 g/mol. The van der Waals surface area contributed by atoms with Crippen molar-refractivity contribution in [3.8, 4) is 0 Å². The minimum Gasteiger partial charge on any atom is -0.480 e. The van der Waals surface area contributed by atoms with E-state index in [0.717, 1.165) is 4.90 Å². The number of carboxylic acids is 1. The third-order valence-electron chi connectivity index (χ3n) is 2.28. The molecule has 0 aromatic carbocycles. The van der Waals surface area contributed by atoms with E-state index in [1.807, 2.05) is 0 Å². The van der Waals surface area contributed by atoms with Gasteiger partial charge in [-0.3, -0.25) is 4.79 Å². The fourth-order valence-electron chi connectivity index (χ4n) is 1.40. The molecule has 0 spiro atoms. The molecule has 1 aromatic rings. The number of aromatic nitrogens is 1. The van der Waals surface area contributed by atoms with Crippen LogP contribution in [0.2, 0.25) is 0 Å². The second kappa shape index (κ2) is 7.37. The molecule has 1 heterocycles. The SMILES string of the molecule is COCCN(CC(=O)O)C(=O)NCc1cc(C)on1. The van der Waals surface area contributed by atoms with E-state index in [0.29, 0.717) is 11.5 Å². The molecule has 0 aliphatic carbocycles. The lowest BCUT2D eigenvalue weighted by atomic mass is 10.4. The molecule has 0 saturated heterocycles. The number of aryl methyl sites for hydroxylation is 1. The number of rotatable bonds is 7. The van der Waals surface area contributed by atoms with Crippen molar-refractivity contribution in [2.24, 2.45) is 0 Å². The maximum Gasteiger partial charge on any atom is 0.323 e. The Balaban J connectivity index is 2.48. The molecule has 8 heteroatoms. The summed E-state index contributed by atoms with van der Waals surface area (Å²) in [4.78, 5) is 23.6.